The lowest BCUT2D eigenvalue weighted by atomic mass is 9.89. The number of fused-ring (bicyclic) bond motifs is 1. The number of hydrogen-bond donors (Lipinski definition) is 2. The smallest absolute Gasteiger partial charge is 0.341 e. The molecule has 1 aliphatic rings. The Balaban J connectivity index is 2.06. The van der Waals surface area contributed by atoms with Gasteiger partial charge in [-0.25, -0.2) is 18.0 Å². The maximum Gasteiger partial charge on any atom is 0.341 e. The fourth-order valence-corrected chi connectivity index (χ4v) is 4.40. The molecule has 1 heterocycles. The van der Waals surface area contributed by atoms with E-state index >= 15 is 0 Å². The molecule has 1 aliphatic carbocycles. The van der Waals surface area contributed by atoms with Gasteiger partial charge in [0, 0.05) is 23.7 Å². The van der Waals surface area contributed by atoms with Crippen molar-refractivity contribution in [1.82, 2.24) is 4.57 Å². The van der Waals surface area contributed by atoms with Crippen molar-refractivity contribution in [3.8, 4) is 5.69 Å². The largest absolute Gasteiger partial charge is 0.477 e. The second-order valence-electron chi connectivity index (χ2n) is 7.85. The molecule has 1 fully saturated rings. The van der Waals surface area contributed by atoms with Crippen molar-refractivity contribution in [2.45, 2.75) is 31.7 Å². The number of rotatable bonds is 3. The molecule has 5 nitrogen and oxygen atoms in total. The number of aromatic carboxylic acids is 1. The summed E-state index contributed by atoms with van der Waals surface area (Å²) in [6.45, 7) is 1.96. The van der Waals surface area contributed by atoms with Gasteiger partial charge in [-0.1, -0.05) is 6.92 Å². The molecule has 3 aromatic rings. The number of benzene rings is 2. The highest BCUT2D eigenvalue weighted by Gasteiger charge is 2.32. The fraction of sp³-hybridized carbons (Fsp3) is 0.273. The maximum atomic E-state index is 15.0. The van der Waals surface area contributed by atoms with E-state index in [2.05, 4.69) is 0 Å². The molecule has 1 aromatic heterocycles. The number of aromatic nitrogens is 1. The predicted molar refractivity (Wildman–Crippen MR) is 105 cm³/mol. The van der Waals surface area contributed by atoms with E-state index in [0.29, 0.717) is 18.1 Å². The molecule has 0 amide bonds. The van der Waals surface area contributed by atoms with Crippen molar-refractivity contribution in [3.63, 3.8) is 0 Å². The fourth-order valence-electron chi connectivity index (χ4n) is 4.40. The van der Waals surface area contributed by atoms with Crippen LogP contribution in [-0.2, 0) is 0 Å². The van der Waals surface area contributed by atoms with Crippen molar-refractivity contribution >= 4 is 16.9 Å². The van der Waals surface area contributed by atoms with Crippen LogP contribution in [0.1, 0.15) is 41.6 Å². The van der Waals surface area contributed by atoms with Gasteiger partial charge < -0.3 is 15.4 Å². The molecular formula is C22H19F3N2O3. The van der Waals surface area contributed by atoms with E-state index in [9.17, 15) is 27.9 Å². The Morgan fingerprint density at radius 2 is 1.87 bits per heavy atom. The number of nitrogens with zero attached hydrogens (tertiary/aromatic N) is 1. The second-order valence-corrected chi connectivity index (χ2v) is 7.85. The zero-order chi connectivity index (χ0) is 21.7. The lowest BCUT2D eigenvalue weighted by molar-refractivity contribution is 0.0695. The average Bonchev–Trinajstić information content (AvgIpc) is 3.00. The third-order valence-corrected chi connectivity index (χ3v) is 5.84. The topological polar surface area (TPSA) is 85.3 Å². The van der Waals surface area contributed by atoms with Crippen LogP contribution >= 0.6 is 0 Å². The Morgan fingerprint density at radius 3 is 2.47 bits per heavy atom. The Morgan fingerprint density at radius 1 is 1.13 bits per heavy atom. The van der Waals surface area contributed by atoms with Crippen LogP contribution in [-0.4, -0.2) is 21.7 Å². The van der Waals surface area contributed by atoms with Crippen molar-refractivity contribution in [2.24, 2.45) is 11.7 Å². The molecule has 0 radical (unpaired) electrons. The van der Waals surface area contributed by atoms with Gasteiger partial charge >= 0.3 is 5.97 Å². The zero-order valence-corrected chi connectivity index (χ0v) is 16.0. The van der Waals surface area contributed by atoms with Crippen molar-refractivity contribution in [1.29, 1.82) is 0 Å². The van der Waals surface area contributed by atoms with Gasteiger partial charge in [0.25, 0.3) is 0 Å². The summed E-state index contributed by atoms with van der Waals surface area (Å²) in [6.07, 6.45) is 2.26. The summed E-state index contributed by atoms with van der Waals surface area (Å²) >= 11 is 0. The van der Waals surface area contributed by atoms with Crippen LogP contribution in [0.25, 0.3) is 16.6 Å². The first-order valence-corrected chi connectivity index (χ1v) is 9.50. The molecule has 0 spiro atoms. The van der Waals surface area contributed by atoms with Crippen molar-refractivity contribution in [2.75, 3.05) is 0 Å². The molecule has 2 aromatic carbocycles. The summed E-state index contributed by atoms with van der Waals surface area (Å²) in [7, 11) is 0. The van der Waals surface area contributed by atoms with Crippen molar-refractivity contribution in [3.05, 3.63) is 75.3 Å². The molecule has 156 valence electrons. The predicted octanol–water partition coefficient (Wildman–Crippen LogP) is 3.95. The molecule has 3 N–H and O–H groups in total. The van der Waals surface area contributed by atoms with Gasteiger partial charge in [-0.05, 0) is 54.5 Å². The maximum absolute atomic E-state index is 15.0. The first-order chi connectivity index (χ1) is 14.2. The molecule has 0 aliphatic heterocycles. The van der Waals surface area contributed by atoms with Crippen molar-refractivity contribution < 1.29 is 23.1 Å². The number of hydrogen-bond acceptors (Lipinski definition) is 3. The molecule has 1 saturated carbocycles. The first-order valence-electron chi connectivity index (χ1n) is 9.50. The number of carboxylic acids is 1. The highest BCUT2D eigenvalue weighted by atomic mass is 19.1. The van der Waals surface area contributed by atoms with E-state index < -0.39 is 34.4 Å². The Kier molecular flexibility index (Phi) is 4.89. The highest BCUT2D eigenvalue weighted by Crippen LogP contribution is 2.40. The quantitative estimate of drug-likeness (QED) is 0.677. The third kappa shape index (κ3) is 3.27. The van der Waals surface area contributed by atoms with Crippen LogP contribution in [0.15, 0.2) is 41.3 Å². The molecular weight excluding hydrogens is 397 g/mol. The molecule has 3 atom stereocenters. The average molecular weight is 416 g/mol. The molecule has 30 heavy (non-hydrogen) atoms. The van der Waals surface area contributed by atoms with E-state index in [1.165, 1.54) is 6.07 Å². The van der Waals surface area contributed by atoms with Gasteiger partial charge in [-0.2, -0.15) is 0 Å². The normalized spacial score (nSPS) is 21.3. The van der Waals surface area contributed by atoms with Crippen LogP contribution < -0.4 is 11.2 Å². The Bertz CT molecular complexity index is 1240. The van der Waals surface area contributed by atoms with Crippen LogP contribution in [0.3, 0.4) is 0 Å². The summed E-state index contributed by atoms with van der Waals surface area (Å²) < 4.78 is 44.1. The number of halogens is 3. The molecule has 1 unspecified atom stereocenters. The molecule has 8 heteroatoms. The lowest BCUT2D eigenvalue weighted by Crippen LogP contribution is -2.20. The summed E-state index contributed by atoms with van der Waals surface area (Å²) in [5.74, 6) is -4.01. The van der Waals surface area contributed by atoms with Gasteiger partial charge in [0.2, 0.25) is 5.43 Å². The molecule has 0 bridgehead atoms. The van der Waals surface area contributed by atoms with Crippen LogP contribution in [0.5, 0.6) is 0 Å². The Labute approximate surface area is 169 Å². The molecule has 4 rings (SSSR count). The monoisotopic (exact) mass is 416 g/mol. The first kappa shape index (κ1) is 20.2. The SMILES string of the molecule is C[C@H]1C[C@H](N)CC1c1cc2c(cc1F)c(=O)c(C(=O)O)cn2-c1ccc(F)cc1F. The number of nitrogens with two attached hydrogens (primary N) is 1. The van der Waals surface area contributed by atoms with E-state index in [4.69, 9.17) is 5.73 Å². The molecule has 0 saturated heterocycles. The summed E-state index contributed by atoms with van der Waals surface area (Å²) in [4.78, 5) is 24.2. The lowest BCUT2D eigenvalue weighted by Gasteiger charge is -2.19. The zero-order valence-electron chi connectivity index (χ0n) is 16.0. The highest BCUT2D eigenvalue weighted by molar-refractivity contribution is 5.93. The van der Waals surface area contributed by atoms with E-state index in [1.54, 1.807) is 0 Å². The summed E-state index contributed by atoms with van der Waals surface area (Å²) in [5, 5.41) is 9.20. The minimum absolute atomic E-state index is 0.0776. The summed E-state index contributed by atoms with van der Waals surface area (Å²) in [5.41, 5.74) is 4.82. The van der Waals surface area contributed by atoms with Gasteiger partial charge in [-0.3, -0.25) is 4.79 Å². The van der Waals surface area contributed by atoms with Crippen LogP contribution in [0, 0.1) is 23.4 Å². The van der Waals surface area contributed by atoms with E-state index in [0.717, 1.165) is 35.4 Å². The van der Waals surface area contributed by atoms with Gasteiger partial charge in [-0.15, -0.1) is 0 Å². The van der Waals surface area contributed by atoms with E-state index in [1.807, 2.05) is 6.92 Å². The van der Waals surface area contributed by atoms with Gasteiger partial charge in [0.15, 0.2) is 0 Å². The third-order valence-electron chi connectivity index (χ3n) is 5.84. The Hall–Kier alpha value is -3.13. The summed E-state index contributed by atoms with van der Waals surface area (Å²) in [6, 6.07) is 5.17. The van der Waals surface area contributed by atoms with Gasteiger partial charge in [0.05, 0.1) is 11.2 Å². The number of pyridine rings is 1. The van der Waals surface area contributed by atoms with Crippen LogP contribution in [0.2, 0.25) is 0 Å². The second kappa shape index (κ2) is 7.28. The minimum atomic E-state index is -1.53. The van der Waals surface area contributed by atoms with E-state index in [-0.39, 0.29) is 34.5 Å². The number of carboxylic acid groups (broad SMARTS) is 1. The standard InChI is InChI=1S/C22H19F3N2O3/c1-10-4-12(26)6-13(10)14-8-20-15(7-17(14)24)21(28)16(22(29)30)9-27(20)19-3-2-11(23)5-18(19)25/h2-3,5,7-10,12-13H,4,6,26H2,1H3,(H,29,30)/t10-,12-,13?/m0/s1. The minimum Gasteiger partial charge on any atom is -0.477 e. The van der Waals surface area contributed by atoms with Gasteiger partial charge in [0.1, 0.15) is 23.0 Å². The van der Waals surface area contributed by atoms with Crippen LogP contribution in [0.4, 0.5) is 13.2 Å². The number of carbonyl (C=O) groups is 1.